The van der Waals surface area contributed by atoms with Crippen molar-refractivity contribution >= 4 is 17.7 Å². The van der Waals surface area contributed by atoms with E-state index >= 15 is 0 Å². The van der Waals surface area contributed by atoms with Gasteiger partial charge in [0.1, 0.15) is 24.4 Å². The molecule has 3 aliphatic heterocycles. The molecule has 2 saturated heterocycles. The number of rotatable bonds is 4. The molecule has 30 heavy (non-hydrogen) atoms. The lowest BCUT2D eigenvalue weighted by Crippen LogP contribution is -2.58. The highest BCUT2D eigenvalue weighted by Gasteiger charge is 2.53. The fourth-order valence-electron chi connectivity index (χ4n) is 4.25. The van der Waals surface area contributed by atoms with Crippen molar-refractivity contribution in [3.63, 3.8) is 0 Å². The molecule has 1 aromatic rings. The van der Waals surface area contributed by atoms with Gasteiger partial charge in [0.2, 0.25) is 5.75 Å². The lowest BCUT2D eigenvalue weighted by Gasteiger charge is -2.45. The SMILES string of the molecule is COc1c(O)c(CN2CCSCC2)c2c(c1O)C1OC(CO)C(O)C(O)C1OC2=O. The van der Waals surface area contributed by atoms with Gasteiger partial charge in [-0.25, -0.2) is 4.79 Å². The molecule has 3 aliphatic rings. The van der Waals surface area contributed by atoms with Crippen LogP contribution >= 0.6 is 11.8 Å². The number of aliphatic hydroxyl groups excluding tert-OH is 3. The monoisotopic (exact) mass is 443 g/mol. The molecule has 4 rings (SSSR count). The first-order valence-corrected chi connectivity index (χ1v) is 10.8. The van der Waals surface area contributed by atoms with Crippen molar-refractivity contribution in [2.45, 2.75) is 37.1 Å². The maximum Gasteiger partial charge on any atom is 0.339 e. The summed E-state index contributed by atoms with van der Waals surface area (Å²) in [6.07, 6.45) is -6.59. The number of methoxy groups -OCH3 is 1. The molecule has 3 heterocycles. The van der Waals surface area contributed by atoms with E-state index in [1.54, 1.807) is 0 Å². The number of ether oxygens (including phenoxy) is 3. The van der Waals surface area contributed by atoms with E-state index in [-0.39, 0.29) is 34.7 Å². The van der Waals surface area contributed by atoms with Crippen LogP contribution in [0.5, 0.6) is 17.2 Å². The second-order valence-corrected chi connectivity index (χ2v) is 8.74. The van der Waals surface area contributed by atoms with Crippen LogP contribution in [0, 0.1) is 0 Å². The number of phenols is 2. The number of nitrogens with zero attached hydrogens (tertiary/aromatic N) is 1. The second-order valence-electron chi connectivity index (χ2n) is 7.52. The van der Waals surface area contributed by atoms with E-state index < -0.39 is 48.8 Å². The Labute approximate surface area is 177 Å². The molecule has 0 radical (unpaired) electrons. The van der Waals surface area contributed by atoms with E-state index in [0.29, 0.717) is 0 Å². The number of aliphatic hydroxyl groups is 3. The minimum absolute atomic E-state index is 0.0108. The Bertz CT molecular complexity index is 829. The zero-order chi connectivity index (χ0) is 21.6. The van der Waals surface area contributed by atoms with Gasteiger partial charge >= 0.3 is 5.97 Å². The number of carbonyl (C=O) groups excluding carboxylic acids is 1. The zero-order valence-electron chi connectivity index (χ0n) is 16.4. The van der Waals surface area contributed by atoms with E-state index in [2.05, 4.69) is 4.90 Å². The summed E-state index contributed by atoms with van der Waals surface area (Å²) in [7, 11) is 1.28. The van der Waals surface area contributed by atoms with Crippen molar-refractivity contribution in [1.29, 1.82) is 0 Å². The summed E-state index contributed by atoms with van der Waals surface area (Å²) in [5, 5.41) is 51.7. The number of thioether (sulfide) groups is 1. The Balaban J connectivity index is 1.85. The lowest BCUT2D eigenvalue weighted by molar-refractivity contribution is -0.235. The summed E-state index contributed by atoms with van der Waals surface area (Å²) in [4.78, 5) is 15.0. The van der Waals surface area contributed by atoms with Gasteiger partial charge in [0, 0.05) is 42.3 Å². The molecule has 0 spiro atoms. The van der Waals surface area contributed by atoms with E-state index in [0.717, 1.165) is 24.6 Å². The Morgan fingerprint density at radius 1 is 1.17 bits per heavy atom. The van der Waals surface area contributed by atoms with Gasteiger partial charge in [-0.1, -0.05) is 0 Å². The Kier molecular flexibility index (Phi) is 6.02. The highest BCUT2D eigenvalue weighted by atomic mass is 32.2. The molecule has 1 aromatic carbocycles. The van der Waals surface area contributed by atoms with Crippen molar-refractivity contribution in [3.8, 4) is 17.2 Å². The molecule has 11 heteroatoms. The molecule has 0 aliphatic carbocycles. The van der Waals surface area contributed by atoms with Crippen molar-refractivity contribution in [2.24, 2.45) is 0 Å². The van der Waals surface area contributed by atoms with Crippen LogP contribution in [0.4, 0.5) is 0 Å². The van der Waals surface area contributed by atoms with Crippen LogP contribution in [0.1, 0.15) is 27.6 Å². The molecule has 5 N–H and O–H groups in total. The number of hydrogen-bond acceptors (Lipinski definition) is 11. The zero-order valence-corrected chi connectivity index (χ0v) is 17.2. The largest absolute Gasteiger partial charge is 0.504 e. The molecule has 5 unspecified atom stereocenters. The van der Waals surface area contributed by atoms with Crippen LogP contribution in [-0.2, 0) is 16.0 Å². The maximum absolute atomic E-state index is 12.9. The normalized spacial score (nSPS) is 31.6. The quantitative estimate of drug-likeness (QED) is 0.378. The first-order valence-electron chi connectivity index (χ1n) is 9.67. The summed E-state index contributed by atoms with van der Waals surface area (Å²) < 4.78 is 16.3. The predicted octanol–water partition coefficient (Wildman–Crippen LogP) is -0.652. The molecule has 0 aromatic heterocycles. The number of esters is 1. The highest BCUT2D eigenvalue weighted by Crippen LogP contribution is 2.52. The van der Waals surface area contributed by atoms with Crippen molar-refractivity contribution < 1.29 is 44.5 Å². The number of aromatic hydroxyl groups is 2. The first kappa shape index (κ1) is 21.5. The third-order valence-corrected chi connectivity index (χ3v) is 6.77. The Hall–Kier alpha value is -1.76. The van der Waals surface area contributed by atoms with Crippen molar-refractivity contribution in [3.05, 3.63) is 16.7 Å². The highest BCUT2D eigenvalue weighted by molar-refractivity contribution is 7.99. The summed E-state index contributed by atoms with van der Waals surface area (Å²) in [6.45, 7) is 1.17. The van der Waals surface area contributed by atoms with Gasteiger partial charge in [-0.2, -0.15) is 11.8 Å². The van der Waals surface area contributed by atoms with Gasteiger partial charge in [-0.3, -0.25) is 4.90 Å². The van der Waals surface area contributed by atoms with Gasteiger partial charge in [-0.15, -0.1) is 0 Å². The Morgan fingerprint density at radius 3 is 2.50 bits per heavy atom. The lowest BCUT2D eigenvalue weighted by atomic mass is 9.84. The third kappa shape index (κ3) is 3.39. The van der Waals surface area contributed by atoms with Crippen LogP contribution in [0.3, 0.4) is 0 Å². The van der Waals surface area contributed by atoms with Gasteiger partial charge in [0.05, 0.1) is 19.3 Å². The van der Waals surface area contributed by atoms with Gasteiger partial charge < -0.3 is 39.7 Å². The predicted molar refractivity (Wildman–Crippen MR) is 105 cm³/mol. The number of fused-ring (bicyclic) bond motifs is 3. The first-order chi connectivity index (χ1) is 14.4. The van der Waals surface area contributed by atoms with Crippen molar-refractivity contribution in [1.82, 2.24) is 4.90 Å². The Morgan fingerprint density at radius 2 is 1.87 bits per heavy atom. The number of hydrogen-bond donors (Lipinski definition) is 5. The van der Waals surface area contributed by atoms with E-state index in [4.69, 9.17) is 14.2 Å². The van der Waals surface area contributed by atoms with E-state index in [1.807, 2.05) is 11.8 Å². The summed E-state index contributed by atoms with van der Waals surface area (Å²) in [5.41, 5.74) is 0.196. The minimum atomic E-state index is -1.53. The molecule has 166 valence electrons. The number of carbonyl (C=O) groups is 1. The summed E-state index contributed by atoms with van der Waals surface area (Å²) in [6, 6.07) is 0. The minimum Gasteiger partial charge on any atom is -0.504 e. The van der Waals surface area contributed by atoms with Gasteiger partial charge in [-0.05, 0) is 0 Å². The molecule has 10 nitrogen and oxygen atoms in total. The molecule has 0 bridgehead atoms. The summed E-state index contributed by atoms with van der Waals surface area (Å²) in [5.74, 6) is -0.101. The van der Waals surface area contributed by atoms with Crippen molar-refractivity contribution in [2.75, 3.05) is 38.3 Å². The van der Waals surface area contributed by atoms with E-state index in [9.17, 15) is 30.3 Å². The summed E-state index contributed by atoms with van der Waals surface area (Å²) >= 11 is 1.82. The topological polar surface area (TPSA) is 149 Å². The third-order valence-electron chi connectivity index (χ3n) is 5.83. The van der Waals surface area contributed by atoms with Crippen LogP contribution in [-0.4, -0.2) is 99.1 Å². The average molecular weight is 443 g/mol. The van der Waals surface area contributed by atoms with Crippen LogP contribution in [0.2, 0.25) is 0 Å². The second kappa shape index (κ2) is 8.40. The molecular weight excluding hydrogens is 418 g/mol. The van der Waals surface area contributed by atoms with Gasteiger partial charge in [0.25, 0.3) is 0 Å². The van der Waals surface area contributed by atoms with E-state index in [1.165, 1.54) is 7.11 Å². The number of phenolic OH excluding ortho intramolecular Hbond substituents is 2. The molecule has 5 atom stereocenters. The van der Waals surface area contributed by atoms with Crippen LogP contribution in [0.15, 0.2) is 0 Å². The van der Waals surface area contributed by atoms with Crippen LogP contribution < -0.4 is 4.74 Å². The smallest absolute Gasteiger partial charge is 0.339 e. The maximum atomic E-state index is 12.9. The molecule has 0 saturated carbocycles. The van der Waals surface area contributed by atoms with Gasteiger partial charge in [0.15, 0.2) is 17.6 Å². The fraction of sp³-hybridized carbons (Fsp3) is 0.632. The average Bonchev–Trinajstić information content (AvgIpc) is 2.74. The molecule has 2 fully saturated rings. The van der Waals surface area contributed by atoms with Crippen LogP contribution in [0.25, 0.3) is 0 Å². The molecular formula is C19H25NO9S. The molecule has 0 amide bonds. The number of benzene rings is 1. The fourth-order valence-corrected chi connectivity index (χ4v) is 5.23. The standard InChI is InChI=1S/C19H25NO9S/c1-27-17-12(22)8(6-20-2-4-30-5-3-20)10-11(14(17)24)16-18(29-19(10)26)15(25)13(23)9(7-21)28-16/h9,13,15-16,18,21-25H,2-7H2,1H3.